The summed E-state index contributed by atoms with van der Waals surface area (Å²) in [6, 6.07) is 44.4. The molecule has 0 unspecified atom stereocenters. The number of carbonyl (C=O) groups excluding carboxylic acids is 2. The van der Waals surface area contributed by atoms with Gasteiger partial charge >= 0.3 is 12.1 Å². The highest BCUT2D eigenvalue weighted by Crippen LogP contribution is 2.35. The number of hydrogen-bond donors (Lipinski definition) is 3. The van der Waals surface area contributed by atoms with Gasteiger partial charge in [0.05, 0.1) is 45.0 Å². The second-order valence-electron chi connectivity index (χ2n) is 19.3. The van der Waals surface area contributed by atoms with E-state index in [0.29, 0.717) is 42.5 Å². The molecule has 16 nitrogen and oxygen atoms in total. The minimum Gasteiger partial charge on any atom is -0.488 e. The molecule has 2 amide bonds. The number of carboxylic acid groups (broad SMARTS) is 1. The van der Waals surface area contributed by atoms with E-state index in [1.165, 1.54) is 28.6 Å². The van der Waals surface area contributed by atoms with E-state index in [0.717, 1.165) is 84.7 Å². The summed E-state index contributed by atoms with van der Waals surface area (Å²) >= 11 is 3.22. The largest absolute Gasteiger partial charge is 0.488 e. The van der Waals surface area contributed by atoms with Crippen LogP contribution in [0.15, 0.2) is 161 Å². The zero-order valence-electron chi connectivity index (χ0n) is 44.3. The molecule has 10 rings (SSSR count). The van der Waals surface area contributed by atoms with Crippen LogP contribution in [0.2, 0.25) is 0 Å². The van der Waals surface area contributed by atoms with Gasteiger partial charge in [-0.3, -0.25) is 9.59 Å². The third-order valence-corrected chi connectivity index (χ3v) is 16.0. The van der Waals surface area contributed by atoms with Crippen molar-refractivity contribution in [3.8, 4) is 32.6 Å². The quantitative estimate of drug-likeness (QED) is 0.0512. The normalized spacial score (nSPS) is 13.8. The first kappa shape index (κ1) is 56.4. The molecule has 5 heterocycles. The summed E-state index contributed by atoms with van der Waals surface area (Å²) in [7, 11) is 0. The lowest BCUT2D eigenvalue weighted by Gasteiger charge is -2.22. The van der Waals surface area contributed by atoms with Crippen LogP contribution in [-0.2, 0) is 46.8 Å². The third-order valence-electron chi connectivity index (χ3n) is 13.7. The molecule has 0 spiro atoms. The van der Waals surface area contributed by atoms with Crippen LogP contribution in [0.3, 0.4) is 0 Å². The lowest BCUT2D eigenvalue weighted by Crippen LogP contribution is -2.40. The Kier molecular flexibility index (Phi) is 19.4. The molecule has 9 aromatic rings. The zero-order chi connectivity index (χ0) is 55.8. The number of imide groups is 1. The fraction of sp³-hybridized carbons (Fsp3) is 0.274. The van der Waals surface area contributed by atoms with Crippen molar-refractivity contribution in [3.05, 3.63) is 212 Å². The molecule has 80 heavy (non-hydrogen) atoms. The summed E-state index contributed by atoms with van der Waals surface area (Å²) in [6.45, 7) is 5.29. The zero-order valence-corrected chi connectivity index (χ0v) is 45.9. The number of carboxylic acids is 1. The number of aliphatic hydroxyl groups is 2. The number of aromatic nitrogens is 4. The fourth-order valence-corrected chi connectivity index (χ4v) is 11.3. The SMILES string of the molecule is Cc1nc(-c2ccc(CCCO)cc2)sc1COc1ccc([C@H](CC(=O)N2C(=O)OC[C@@H]2Cc2ccccc2)c2ccon2)cc1.Cc1nc(-c2ccc(CCCO)cc2)sc1COc1ccc([C@H](CC(=O)O)c2ccon2)cc1. The number of ether oxygens (including phenoxy) is 3. The number of amides is 2. The van der Waals surface area contributed by atoms with E-state index in [-0.39, 0.29) is 50.5 Å². The van der Waals surface area contributed by atoms with E-state index in [9.17, 15) is 19.5 Å². The first-order valence-corrected chi connectivity index (χ1v) is 28.0. The fourth-order valence-electron chi connectivity index (χ4n) is 9.30. The molecule has 3 atom stereocenters. The number of nitrogens with zero attached hydrogens (tertiary/aromatic N) is 5. The van der Waals surface area contributed by atoms with Crippen molar-refractivity contribution in [2.45, 2.75) is 89.9 Å². The van der Waals surface area contributed by atoms with Gasteiger partial charge in [0.25, 0.3) is 0 Å². The maximum atomic E-state index is 13.6. The van der Waals surface area contributed by atoms with E-state index in [1.807, 2.05) is 92.7 Å². The number of cyclic esters (lactones) is 1. The highest BCUT2D eigenvalue weighted by molar-refractivity contribution is 7.15. The van der Waals surface area contributed by atoms with Crippen LogP contribution in [-0.4, -0.2) is 84.3 Å². The standard InChI is InChI=1S/C36H35N3O6S.C26H26N2O5S/c1-24-33(46-35(37-24)28-11-9-25(10-12-28)8-5-18-40)23-43-30-15-13-27(14-16-30)31(32-17-19-45-38-32)21-34(41)39-29(22-44-36(39)42)20-26-6-3-2-4-7-26;1-17-24(34-26(27-17)20-6-4-18(5-7-20)3-2-13-29)16-32-21-10-8-19(9-11-21)22(15-25(30)31)23-12-14-33-28-23/h2-4,6-7,9-17,19,29,31,40H,5,8,18,20-23H2,1H3;4-12,14,22,29H,2-3,13,15-16H2,1H3,(H,30,31)/t29-,31-;22-/m00/s1. The summed E-state index contributed by atoms with van der Waals surface area (Å²) in [4.78, 5) is 50.3. The van der Waals surface area contributed by atoms with Crippen LogP contribution < -0.4 is 9.47 Å². The van der Waals surface area contributed by atoms with Gasteiger partial charge in [0.15, 0.2) is 0 Å². The molecule has 0 saturated carbocycles. The molecule has 18 heteroatoms. The second-order valence-corrected chi connectivity index (χ2v) is 21.4. The van der Waals surface area contributed by atoms with Crippen molar-refractivity contribution in [3.63, 3.8) is 0 Å². The predicted octanol–water partition coefficient (Wildman–Crippen LogP) is 11.9. The molecule has 4 aromatic heterocycles. The third kappa shape index (κ3) is 14.9. The first-order valence-electron chi connectivity index (χ1n) is 26.3. The Balaban J connectivity index is 0.000000203. The summed E-state index contributed by atoms with van der Waals surface area (Å²) in [6.07, 6.45) is 6.01. The topological polar surface area (TPSA) is 221 Å². The number of aliphatic hydroxyl groups excluding tert-OH is 2. The molecule has 1 saturated heterocycles. The number of aliphatic carboxylic acids is 1. The predicted molar refractivity (Wildman–Crippen MR) is 303 cm³/mol. The van der Waals surface area contributed by atoms with Crippen molar-refractivity contribution in [1.82, 2.24) is 25.2 Å². The number of rotatable bonds is 24. The van der Waals surface area contributed by atoms with Gasteiger partial charge in [-0.15, -0.1) is 22.7 Å². The van der Waals surface area contributed by atoms with Gasteiger partial charge in [-0.25, -0.2) is 19.7 Å². The summed E-state index contributed by atoms with van der Waals surface area (Å²) in [5.41, 5.74) is 10.3. The Morgan fingerprint density at radius 3 is 1.54 bits per heavy atom. The average Bonchev–Trinajstić information content (AvgIpc) is 4.37. The molecular weight excluding hydrogens is 1050 g/mol. The van der Waals surface area contributed by atoms with E-state index in [4.69, 9.17) is 43.4 Å². The highest BCUT2D eigenvalue weighted by atomic mass is 32.1. The van der Waals surface area contributed by atoms with E-state index < -0.39 is 18.0 Å². The maximum Gasteiger partial charge on any atom is 0.416 e. The van der Waals surface area contributed by atoms with Crippen molar-refractivity contribution in [1.29, 1.82) is 0 Å². The number of benzene rings is 5. The van der Waals surface area contributed by atoms with E-state index >= 15 is 0 Å². The van der Waals surface area contributed by atoms with Crippen molar-refractivity contribution >= 4 is 40.6 Å². The Hall–Kier alpha value is -8.29. The average molecular weight is 1120 g/mol. The highest BCUT2D eigenvalue weighted by Gasteiger charge is 2.39. The molecule has 1 fully saturated rings. The molecule has 0 aliphatic carbocycles. The molecule has 1 aliphatic rings. The Bertz CT molecular complexity index is 3390. The number of hydrogen-bond acceptors (Lipinski definition) is 16. The molecule has 412 valence electrons. The molecule has 5 aromatic carbocycles. The van der Waals surface area contributed by atoms with Gasteiger partial charge in [0.1, 0.15) is 53.9 Å². The van der Waals surface area contributed by atoms with Gasteiger partial charge in [0, 0.05) is 54.7 Å². The van der Waals surface area contributed by atoms with Gasteiger partial charge in [0.2, 0.25) is 5.91 Å². The van der Waals surface area contributed by atoms with E-state index in [1.54, 1.807) is 34.8 Å². The minimum atomic E-state index is -0.899. The smallest absolute Gasteiger partial charge is 0.416 e. The maximum absolute atomic E-state index is 13.6. The lowest BCUT2D eigenvalue weighted by atomic mass is 9.91. The van der Waals surface area contributed by atoms with Crippen molar-refractivity contribution in [2.75, 3.05) is 19.8 Å². The minimum absolute atomic E-state index is 0.0262. The van der Waals surface area contributed by atoms with Gasteiger partial charge in [-0.2, -0.15) is 0 Å². The molecular formula is C62H61N5O11S2. The van der Waals surface area contributed by atoms with Crippen molar-refractivity contribution in [2.24, 2.45) is 0 Å². The Labute approximate surface area is 471 Å². The molecule has 1 aliphatic heterocycles. The van der Waals surface area contributed by atoms with Crippen LogP contribution in [0.5, 0.6) is 11.5 Å². The van der Waals surface area contributed by atoms with Crippen LogP contribution in [0.25, 0.3) is 21.1 Å². The Morgan fingerprint density at radius 1 is 0.625 bits per heavy atom. The summed E-state index contributed by atoms with van der Waals surface area (Å²) in [5.74, 6) is -0.653. The summed E-state index contributed by atoms with van der Waals surface area (Å²) in [5, 5.41) is 37.3. The number of aryl methyl sites for hydroxylation is 4. The van der Waals surface area contributed by atoms with Crippen LogP contribution in [0, 0.1) is 13.8 Å². The molecule has 3 N–H and O–H groups in total. The second kappa shape index (κ2) is 27.5. The monoisotopic (exact) mass is 1120 g/mol. The molecule has 0 bridgehead atoms. The van der Waals surface area contributed by atoms with E-state index in [2.05, 4.69) is 58.8 Å². The van der Waals surface area contributed by atoms with Crippen LogP contribution >= 0.6 is 22.7 Å². The molecule has 0 radical (unpaired) electrons. The van der Waals surface area contributed by atoms with Gasteiger partial charge in [-0.1, -0.05) is 113 Å². The number of carbonyl (C=O) groups is 3. The lowest BCUT2D eigenvalue weighted by molar-refractivity contribution is -0.137. The Morgan fingerprint density at radius 2 is 1.10 bits per heavy atom. The summed E-state index contributed by atoms with van der Waals surface area (Å²) < 4.78 is 27.4. The number of thiazole rings is 2. The van der Waals surface area contributed by atoms with Crippen LogP contribution in [0.4, 0.5) is 4.79 Å². The van der Waals surface area contributed by atoms with Crippen molar-refractivity contribution < 1.29 is 53.0 Å². The van der Waals surface area contributed by atoms with Gasteiger partial charge < -0.3 is 38.6 Å². The van der Waals surface area contributed by atoms with Gasteiger partial charge in [-0.05, 0) is 98.0 Å². The first-order chi connectivity index (χ1) is 39.0. The van der Waals surface area contributed by atoms with Crippen LogP contribution in [0.1, 0.15) is 97.9 Å².